The zero-order chi connectivity index (χ0) is 23.3. The molecule has 2 aromatic carbocycles. The van der Waals surface area contributed by atoms with Crippen molar-refractivity contribution in [3.8, 4) is 0 Å². The van der Waals surface area contributed by atoms with Gasteiger partial charge in [-0.15, -0.1) is 0 Å². The minimum atomic E-state index is -0.766. The van der Waals surface area contributed by atoms with Gasteiger partial charge in [-0.2, -0.15) is 0 Å². The van der Waals surface area contributed by atoms with Crippen LogP contribution in [-0.4, -0.2) is 61.1 Å². The van der Waals surface area contributed by atoms with Crippen LogP contribution in [0.4, 0.5) is 10.1 Å². The third-order valence-electron chi connectivity index (χ3n) is 6.02. The summed E-state index contributed by atoms with van der Waals surface area (Å²) in [5, 5.41) is 6.89. The van der Waals surface area contributed by atoms with Crippen LogP contribution in [0.2, 0.25) is 0 Å². The zero-order valence-corrected chi connectivity index (χ0v) is 18.2. The number of likely N-dealkylation sites (tertiary alicyclic amines) is 1. The first-order valence-corrected chi connectivity index (χ1v) is 10.5. The molecule has 0 radical (unpaired) electrons. The van der Waals surface area contributed by atoms with Crippen LogP contribution in [0.3, 0.4) is 0 Å². The second-order valence-corrected chi connectivity index (χ2v) is 7.77. The smallest absolute Gasteiger partial charge is 0.290 e. The number of halogens is 1. The Morgan fingerprint density at radius 3 is 2.66 bits per heavy atom. The standard InChI is InChI=1S/C23H25FN2O3.CH2O2/c1-3-29-14-13-26-19-10-5-4-8-17(19)23(22(26)28)11-12-25(15-23)21(27)20-16(2)7-6-9-18(20)24;2-1-3/h4-10H,3,11-15H2,1-2H3;1H,(H,2,3). The van der Waals surface area contributed by atoms with Crippen LogP contribution in [0.15, 0.2) is 42.5 Å². The number of carboxylic acid groups (broad SMARTS) is 1. The summed E-state index contributed by atoms with van der Waals surface area (Å²) in [5.41, 5.74) is 1.76. The third-order valence-corrected chi connectivity index (χ3v) is 6.02. The quantitative estimate of drug-likeness (QED) is 0.568. The molecule has 0 saturated carbocycles. The molecule has 170 valence electrons. The number of hydrogen-bond acceptors (Lipinski definition) is 4. The number of ether oxygens (including phenoxy) is 1. The second-order valence-electron chi connectivity index (χ2n) is 7.77. The fourth-order valence-electron chi connectivity index (χ4n) is 4.56. The molecule has 0 aliphatic carbocycles. The molecule has 2 aliphatic rings. The maximum atomic E-state index is 14.3. The molecular weight excluding hydrogens is 415 g/mol. The van der Waals surface area contributed by atoms with Crippen molar-refractivity contribution in [3.05, 3.63) is 65.0 Å². The van der Waals surface area contributed by atoms with Crippen LogP contribution in [0.1, 0.15) is 34.8 Å². The molecule has 2 aliphatic heterocycles. The fraction of sp³-hybridized carbons (Fsp3) is 0.375. The van der Waals surface area contributed by atoms with Gasteiger partial charge in [0.15, 0.2) is 0 Å². The van der Waals surface area contributed by atoms with Gasteiger partial charge in [-0.3, -0.25) is 14.4 Å². The average Bonchev–Trinajstić information content (AvgIpc) is 3.32. The SMILES string of the molecule is CCOCCN1C(=O)C2(CCN(C(=O)c3c(C)cccc3F)C2)c2ccccc21.O=CO. The molecule has 1 atom stereocenters. The molecule has 1 saturated heterocycles. The summed E-state index contributed by atoms with van der Waals surface area (Å²) in [6.45, 7) is 5.63. The maximum absolute atomic E-state index is 14.3. The van der Waals surface area contributed by atoms with Gasteiger partial charge in [-0.1, -0.05) is 30.3 Å². The highest BCUT2D eigenvalue weighted by Crippen LogP contribution is 2.47. The van der Waals surface area contributed by atoms with Gasteiger partial charge in [0.25, 0.3) is 12.4 Å². The van der Waals surface area contributed by atoms with E-state index >= 15 is 0 Å². The van der Waals surface area contributed by atoms with Gasteiger partial charge in [0.1, 0.15) is 5.82 Å². The Hall–Kier alpha value is -3.26. The van der Waals surface area contributed by atoms with E-state index in [1.807, 2.05) is 31.2 Å². The van der Waals surface area contributed by atoms with E-state index in [1.54, 1.807) is 28.9 Å². The number of benzene rings is 2. The van der Waals surface area contributed by atoms with E-state index in [1.165, 1.54) is 6.07 Å². The maximum Gasteiger partial charge on any atom is 0.290 e. The predicted molar refractivity (Wildman–Crippen MR) is 117 cm³/mol. The number of aryl methyl sites for hydroxylation is 1. The van der Waals surface area contributed by atoms with Crippen molar-refractivity contribution in [3.63, 3.8) is 0 Å². The number of carbonyl (C=O) groups excluding carboxylic acids is 2. The van der Waals surface area contributed by atoms with E-state index < -0.39 is 11.2 Å². The van der Waals surface area contributed by atoms with E-state index in [2.05, 4.69) is 0 Å². The van der Waals surface area contributed by atoms with Gasteiger partial charge in [-0.05, 0) is 43.5 Å². The highest BCUT2D eigenvalue weighted by atomic mass is 19.1. The first-order chi connectivity index (χ1) is 15.4. The lowest BCUT2D eigenvalue weighted by atomic mass is 9.81. The topological polar surface area (TPSA) is 87.2 Å². The van der Waals surface area contributed by atoms with Crippen LogP contribution >= 0.6 is 0 Å². The van der Waals surface area contributed by atoms with Crippen LogP contribution in [0, 0.1) is 12.7 Å². The summed E-state index contributed by atoms with van der Waals surface area (Å²) in [7, 11) is 0. The molecule has 2 heterocycles. The van der Waals surface area contributed by atoms with E-state index in [0.717, 1.165) is 11.3 Å². The van der Waals surface area contributed by atoms with Crippen LogP contribution < -0.4 is 4.90 Å². The number of rotatable bonds is 5. The summed E-state index contributed by atoms with van der Waals surface area (Å²) in [6, 6.07) is 12.4. The van der Waals surface area contributed by atoms with Gasteiger partial charge in [0.2, 0.25) is 5.91 Å². The number of anilines is 1. The van der Waals surface area contributed by atoms with Crippen molar-refractivity contribution < 1.29 is 28.6 Å². The molecule has 1 spiro atoms. The Bertz CT molecular complexity index is 991. The van der Waals surface area contributed by atoms with Crippen molar-refractivity contribution in [2.75, 3.05) is 37.7 Å². The molecule has 7 nitrogen and oxygen atoms in total. The van der Waals surface area contributed by atoms with E-state index in [0.29, 0.717) is 38.3 Å². The normalized spacial score (nSPS) is 19.0. The number of amides is 2. The van der Waals surface area contributed by atoms with Crippen molar-refractivity contribution in [1.29, 1.82) is 0 Å². The lowest BCUT2D eigenvalue weighted by Crippen LogP contribution is -2.44. The Labute approximate surface area is 186 Å². The highest BCUT2D eigenvalue weighted by molar-refractivity contribution is 6.09. The van der Waals surface area contributed by atoms with Gasteiger partial charge in [-0.25, -0.2) is 4.39 Å². The molecule has 1 fully saturated rings. The van der Waals surface area contributed by atoms with E-state index in [4.69, 9.17) is 14.6 Å². The number of carbonyl (C=O) groups is 3. The van der Waals surface area contributed by atoms with Crippen molar-refractivity contribution >= 4 is 24.0 Å². The summed E-state index contributed by atoms with van der Waals surface area (Å²) in [6.07, 6.45) is 0.535. The minimum Gasteiger partial charge on any atom is -0.483 e. The Morgan fingerprint density at radius 1 is 1.25 bits per heavy atom. The van der Waals surface area contributed by atoms with Crippen molar-refractivity contribution in [2.24, 2.45) is 0 Å². The molecule has 32 heavy (non-hydrogen) atoms. The lowest BCUT2D eigenvalue weighted by molar-refractivity contribution is -0.123. The van der Waals surface area contributed by atoms with Crippen LogP contribution in [-0.2, 0) is 19.7 Å². The van der Waals surface area contributed by atoms with Crippen LogP contribution in [0.5, 0.6) is 0 Å². The summed E-state index contributed by atoms with van der Waals surface area (Å²) in [4.78, 5) is 38.3. The minimum absolute atomic E-state index is 0.000964. The molecular formula is C24H27FN2O5. The van der Waals surface area contributed by atoms with Crippen molar-refractivity contribution in [2.45, 2.75) is 25.7 Å². The molecule has 0 bridgehead atoms. The zero-order valence-electron chi connectivity index (χ0n) is 18.2. The van der Waals surface area contributed by atoms with Gasteiger partial charge in [0.05, 0.1) is 17.6 Å². The fourth-order valence-corrected chi connectivity index (χ4v) is 4.56. The van der Waals surface area contributed by atoms with E-state index in [-0.39, 0.29) is 30.4 Å². The molecule has 8 heteroatoms. The average molecular weight is 442 g/mol. The molecule has 1 unspecified atom stereocenters. The van der Waals surface area contributed by atoms with Gasteiger partial charge in [0, 0.05) is 31.9 Å². The second kappa shape index (κ2) is 9.91. The first-order valence-electron chi connectivity index (χ1n) is 10.5. The van der Waals surface area contributed by atoms with E-state index in [9.17, 15) is 14.0 Å². The monoisotopic (exact) mass is 442 g/mol. The Kier molecular flexibility index (Phi) is 7.25. The first kappa shape index (κ1) is 23.4. The van der Waals surface area contributed by atoms with Gasteiger partial charge >= 0.3 is 0 Å². The number of fused-ring (bicyclic) bond motifs is 2. The summed E-state index contributed by atoms with van der Waals surface area (Å²) < 4.78 is 19.8. The summed E-state index contributed by atoms with van der Waals surface area (Å²) in [5.74, 6) is -0.873. The third kappa shape index (κ3) is 4.10. The largest absolute Gasteiger partial charge is 0.483 e. The highest BCUT2D eigenvalue weighted by Gasteiger charge is 2.55. The molecule has 2 aromatic rings. The Morgan fingerprint density at radius 2 is 1.97 bits per heavy atom. The predicted octanol–water partition coefficient (Wildman–Crippen LogP) is 3.00. The molecule has 0 aromatic heterocycles. The number of nitrogens with zero attached hydrogens (tertiary/aromatic N) is 2. The molecule has 2 amide bonds. The lowest BCUT2D eigenvalue weighted by Gasteiger charge is -2.25. The number of para-hydroxylation sites is 1. The molecule has 4 rings (SSSR count). The number of hydrogen-bond donors (Lipinski definition) is 1. The van der Waals surface area contributed by atoms with Gasteiger partial charge < -0.3 is 19.6 Å². The summed E-state index contributed by atoms with van der Waals surface area (Å²) >= 11 is 0. The molecule has 1 N–H and O–H groups in total. The van der Waals surface area contributed by atoms with Crippen LogP contribution in [0.25, 0.3) is 0 Å². The Balaban J connectivity index is 0.000000913. The van der Waals surface area contributed by atoms with Crippen molar-refractivity contribution in [1.82, 2.24) is 4.90 Å².